The Morgan fingerprint density at radius 3 is 2.97 bits per heavy atom. The molecular formula is C23H30N4O3S. The first-order valence-corrected chi connectivity index (χ1v) is 12.3. The number of hydrogen-bond acceptors (Lipinski definition) is 7. The lowest BCUT2D eigenvalue weighted by Gasteiger charge is -2.35. The minimum absolute atomic E-state index is 0.0959. The lowest BCUT2D eigenvalue weighted by atomic mass is 10.00. The van der Waals surface area contributed by atoms with Gasteiger partial charge in [-0.2, -0.15) is 0 Å². The van der Waals surface area contributed by atoms with Crippen LogP contribution in [0.15, 0.2) is 22.1 Å². The van der Waals surface area contributed by atoms with E-state index in [2.05, 4.69) is 16.8 Å². The first-order valence-electron chi connectivity index (χ1n) is 11.3. The van der Waals surface area contributed by atoms with Gasteiger partial charge in [0.25, 0.3) is 0 Å². The predicted molar refractivity (Wildman–Crippen MR) is 124 cm³/mol. The molecule has 3 atom stereocenters. The summed E-state index contributed by atoms with van der Waals surface area (Å²) in [6.45, 7) is 5.20. The van der Waals surface area contributed by atoms with Crippen molar-refractivity contribution in [2.45, 2.75) is 51.2 Å². The van der Waals surface area contributed by atoms with Gasteiger partial charge in [0.05, 0.1) is 36.7 Å². The Kier molecular flexibility index (Phi) is 5.93. The Morgan fingerprint density at radius 1 is 1.23 bits per heavy atom. The van der Waals surface area contributed by atoms with Crippen molar-refractivity contribution < 1.29 is 14.3 Å². The number of piperidine rings is 1. The molecule has 1 aromatic rings. The quantitative estimate of drug-likeness (QED) is 0.623. The largest absolute Gasteiger partial charge is 0.493 e. The normalized spacial score (nSPS) is 27.4. The smallest absolute Gasteiger partial charge is 0.239 e. The van der Waals surface area contributed by atoms with Gasteiger partial charge in [0, 0.05) is 30.0 Å². The zero-order valence-electron chi connectivity index (χ0n) is 18.2. The van der Waals surface area contributed by atoms with Crippen LogP contribution in [0.2, 0.25) is 0 Å². The van der Waals surface area contributed by atoms with E-state index >= 15 is 0 Å². The third-order valence-corrected chi connectivity index (χ3v) is 7.85. The van der Waals surface area contributed by atoms with Crippen LogP contribution in [0.1, 0.15) is 50.8 Å². The number of fused-ring (bicyclic) bond motifs is 4. The molecule has 1 amide bonds. The van der Waals surface area contributed by atoms with E-state index in [1.807, 2.05) is 12.1 Å². The lowest BCUT2D eigenvalue weighted by Crippen LogP contribution is -2.43. The van der Waals surface area contributed by atoms with Crippen LogP contribution < -0.4 is 9.47 Å². The molecule has 2 fully saturated rings. The number of carbonyl (C=O) groups is 1. The van der Waals surface area contributed by atoms with Crippen LogP contribution in [-0.4, -0.2) is 65.7 Å². The summed E-state index contributed by atoms with van der Waals surface area (Å²) in [6, 6.07) is 4.52. The van der Waals surface area contributed by atoms with E-state index in [4.69, 9.17) is 14.5 Å². The summed E-state index contributed by atoms with van der Waals surface area (Å²) < 4.78 is 11.7. The van der Waals surface area contributed by atoms with Gasteiger partial charge in [0.2, 0.25) is 5.91 Å². The topological polar surface area (TPSA) is 66.7 Å². The van der Waals surface area contributed by atoms with Crippen molar-refractivity contribution in [1.82, 2.24) is 9.80 Å². The number of thioether (sulfide) groups is 1. The fraction of sp³-hybridized carbons (Fsp3) is 0.609. The summed E-state index contributed by atoms with van der Waals surface area (Å²) in [7, 11) is 1.65. The van der Waals surface area contributed by atoms with E-state index < -0.39 is 0 Å². The van der Waals surface area contributed by atoms with E-state index in [9.17, 15) is 4.79 Å². The SMILES string of the molecule is COc1cc2c(cc1OCCCN1CCCCC1C)N=CN1C(=O)C3CCSC3=NC21. The number of hydrogen-bond donors (Lipinski definition) is 0. The summed E-state index contributed by atoms with van der Waals surface area (Å²) in [6.07, 6.45) is 7.04. The van der Waals surface area contributed by atoms with Gasteiger partial charge >= 0.3 is 0 Å². The van der Waals surface area contributed by atoms with E-state index in [1.165, 1.54) is 25.8 Å². The van der Waals surface area contributed by atoms with Crippen LogP contribution >= 0.6 is 11.8 Å². The highest BCUT2D eigenvalue weighted by Crippen LogP contribution is 2.45. The number of rotatable bonds is 6. The third-order valence-electron chi connectivity index (χ3n) is 6.72. The van der Waals surface area contributed by atoms with Gasteiger partial charge < -0.3 is 14.4 Å². The molecule has 0 bridgehead atoms. The van der Waals surface area contributed by atoms with Gasteiger partial charge in [-0.1, -0.05) is 6.42 Å². The number of aliphatic imine (C=N–C) groups is 2. The minimum Gasteiger partial charge on any atom is -0.493 e. The van der Waals surface area contributed by atoms with Crippen molar-refractivity contribution >= 4 is 34.7 Å². The Balaban J connectivity index is 1.30. The molecule has 4 aliphatic heterocycles. The standard InChI is InChI=1S/C23H30N4O3S/c1-15-6-3-4-8-26(15)9-5-10-30-20-13-18-17(12-19(20)29-2)21-25-22-16(7-11-31-22)23(28)27(21)14-24-18/h12-16,21H,3-11H2,1-2H3. The molecule has 4 aliphatic rings. The molecule has 2 saturated heterocycles. The molecule has 0 radical (unpaired) electrons. The minimum atomic E-state index is -0.361. The van der Waals surface area contributed by atoms with E-state index in [0.29, 0.717) is 24.1 Å². The molecule has 7 nitrogen and oxygen atoms in total. The molecule has 0 aromatic heterocycles. The number of amides is 1. The fourth-order valence-electron chi connectivity index (χ4n) is 4.90. The average Bonchev–Trinajstić information content (AvgIpc) is 3.26. The zero-order chi connectivity index (χ0) is 21.4. The van der Waals surface area contributed by atoms with Gasteiger partial charge in [-0.05, 0) is 45.2 Å². The number of methoxy groups -OCH3 is 1. The predicted octanol–water partition coefficient (Wildman–Crippen LogP) is 4.00. The van der Waals surface area contributed by atoms with Gasteiger partial charge in [-0.3, -0.25) is 14.7 Å². The van der Waals surface area contributed by atoms with E-state index in [-0.39, 0.29) is 18.0 Å². The van der Waals surface area contributed by atoms with E-state index in [0.717, 1.165) is 41.4 Å². The molecule has 0 N–H and O–H groups in total. The summed E-state index contributed by atoms with van der Waals surface area (Å²) in [5.41, 5.74) is 1.68. The Morgan fingerprint density at radius 2 is 2.13 bits per heavy atom. The first kappa shape index (κ1) is 20.8. The van der Waals surface area contributed by atoms with Crippen LogP contribution in [-0.2, 0) is 4.79 Å². The molecule has 3 unspecified atom stereocenters. The molecule has 0 spiro atoms. The molecule has 4 heterocycles. The molecule has 1 aromatic carbocycles. The van der Waals surface area contributed by atoms with Gasteiger partial charge in [-0.15, -0.1) is 11.8 Å². The van der Waals surface area contributed by atoms with Crippen molar-refractivity contribution in [2.75, 3.05) is 32.6 Å². The number of ether oxygens (including phenoxy) is 2. The summed E-state index contributed by atoms with van der Waals surface area (Å²) in [5, 5.41) is 0.957. The second kappa shape index (κ2) is 8.82. The molecule has 0 aliphatic carbocycles. The molecule has 0 saturated carbocycles. The number of likely N-dealkylation sites (tertiary alicyclic amines) is 1. The number of carbonyl (C=O) groups excluding carboxylic acids is 1. The highest BCUT2D eigenvalue weighted by Gasteiger charge is 2.42. The average molecular weight is 443 g/mol. The van der Waals surface area contributed by atoms with Gasteiger partial charge in [0.1, 0.15) is 0 Å². The maximum atomic E-state index is 12.9. The van der Waals surface area contributed by atoms with Crippen molar-refractivity contribution in [1.29, 1.82) is 0 Å². The maximum absolute atomic E-state index is 12.9. The Hall–Kier alpha value is -2.06. The van der Waals surface area contributed by atoms with Crippen molar-refractivity contribution in [3.05, 3.63) is 17.7 Å². The Labute approximate surface area is 187 Å². The summed E-state index contributed by atoms with van der Waals surface area (Å²) in [5.74, 6) is 2.31. The molecule has 166 valence electrons. The van der Waals surface area contributed by atoms with Crippen LogP contribution in [0.3, 0.4) is 0 Å². The maximum Gasteiger partial charge on any atom is 0.239 e. The van der Waals surface area contributed by atoms with Crippen LogP contribution in [0.5, 0.6) is 11.5 Å². The second-order valence-electron chi connectivity index (χ2n) is 8.67. The van der Waals surface area contributed by atoms with Crippen LogP contribution in [0.4, 0.5) is 5.69 Å². The van der Waals surface area contributed by atoms with Gasteiger partial charge in [0.15, 0.2) is 17.7 Å². The Bertz CT molecular complexity index is 918. The molecule has 8 heteroatoms. The highest BCUT2D eigenvalue weighted by molar-refractivity contribution is 8.14. The van der Waals surface area contributed by atoms with Crippen molar-refractivity contribution in [3.8, 4) is 11.5 Å². The first-order chi connectivity index (χ1) is 15.2. The van der Waals surface area contributed by atoms with Crippen molar-refractivity contribution in [2.24, 2.45) is 15.9 Å². The highest BCUT2D eigenvalue weighted by atomic mass is 32.2. The van der Waals surface area contributed by atoms with Crippen LogP contribution in [0, 0.1) is 5.92 Å². The van der Waals surface area contributed by atoms with Crippen LogP contribution in [0.25, 0.3) is 0 Å². The molecule has 5 rings (SSSR count). The van der Waals surface area contributed by atoms with E-state index in [1.54, 1.807) is 30.1 Å². The van der Waals surface area contributed by atoms with Crippen molar-refractivity contribution in [3.63, 3.8) is 0 Å². The lowest BCUT2D eigenvalue weighted by molar-refractivity contribution is -0.131. The zero-order valence-corrected chi connectivity index (χ0v) is 19.1. The summed E-state index contributed by atoms with van der Waals surface area (Å²) in [4.78, 5) is 26.5. The number of nitrogens with zero attached hydrogens (tertiary/aromatic N) is 4. The summed E-state index contributed by atoms with van der Waals surface area (Å²) >= 11 is 1.70. The van der Waals surface area contributed by atoms with Gasteiger partial charge in [-0.25, -0.2) is 4.99 Å². The monoisotopic (exact) mass is 442 g/mol. The second-order valence-corrected chi connectivity index (χ2v) is 9.78. The third kappa shape index (κ3) is 3.96. The molecule has 31 heavy (non-hydrogen) atoms. The number of benzene rings is 1. The molecular weight excluding hydrogens is 412 g/mol. The fourth-order valence-corrected chi connectivity index (χ4v) is 6.06.